The number of fused-ring (bicyclic) bond motifs is 2. The van der Waals surface area contributed by atoms with Crippen molar-refractivity contribution < 1.29 is 8.91 Å². The monoisotopic (exact) mass is 339 g/mol. The summed E-state index contributed by atoms with van der Waals surface area (Å²) < 4.78 is 20.9. The Labute approximate surface area is 143 Å². The highest BCUT2D eigenvalue weighted by atomic mass is 19.1. The van der Waals surface area contributed by atoms with Crippen LogP contribution in [0.3, 0.4) is 0 Å². The first-order valence-corrected chi connectivity index (χ1v) is 8.15. The van der Waals surface area contributed by atoms with Crippen LogP contribution in [0.15, 0.2) is 35.0 Å². The zero-order valence-electron chi connectivity index (χ0n) is 14.1. The van der Waals surface area contributed by atoms with Gasteiger partial charge in [0.05, 0.1) is 16.6 Å². The van der Waals surface area contributed by atoms with E-state index < -0.39 is 0 Å². The van der Waals surface area contributed by atoms with Gasteiger partial charge in [-0.3, -0.25) is 0 Å². The number of imidazole rings is 1. The molecule has 4 rings (SSSR count). The lowest BCUT2D eigenvalue weighted by Gasteiger charge is -2.05. The maximum absolute atomic E-state index is 13.8. The lowest BCUT2D eigenvalue weighted by Crippen LogP contribution is -2.18. The Hall–Kier alpha value is -2.80. The van der Waals surface area contributed by atoms with Crippen LogP contribution in [0.1, 0.15) is 17.1 Å². The van der Waals surface area contributed by atoms with Gasteiger partial charge in [0.1, 0.15) is 11.3 Å². The largest absolute Gasteiger partial charge is 0.336 e. The number of para-hydroxylation sites is 1. The van der Waals surface area contributed by atoms with Gasteiger partial charge in [0, 0.05) is 32.8 Å². The van der Waals surface area contributed by atoms with Crippen LogP contribution in [-0.4, -0.2) is 26.2 Å². The van der Waals surface area contributed by atoms with Gasteiger partial charge in [-0.1, -0.05) is 11.2 Å². The second-order valence-electron chi connectivity index (χ2n) is 6.09. The molecule has 0 aliphatic heterocycles. The standard InChI is InChI=1S/C18H18FN5O/c1-11-13-8-12(10-21-18(13)25-23-11)9-20-7-6-16-22-17-14(19)4-3-5-15(17)24(16)2/h3-5,8,10,20H,6-7,9H2,1-2H3. The first-order chi connectivity index (χ1) is 12.1. The molecule has 0 spiro atoms. The van der Waals surface area contributed by atoms with Gasteiger partial charge in [0.15, 0.2) is 5.82 Å². The maximum Gasteiger partial charge on any atom is 0.257 e. The summed E-state index contributed by atoms with van der Waals surface area (Å²) in [7, 11) is 1.91. The van der Waals surface area contributed by atoms with Crippen LogP contribution >= 0.6 is 0 Å². The third-order valence-electron chi connectivity index (χ3n) is 4.38. The zero-order valence-corrected chi connectivity index (χ0v) is 14.1. The molecule has 0 atom stereocenters. The second-order valence-corrected chi connectivity index (χ2v) is 6.09. The Kier molecular flexibility index (Phi) is 3.93. The predicted molar refractivity (Wildman–Crippen MR) is 92.6 cm³/mol. The SMILES string of the molecule is Cc1noc2ncc(CNCCc3nc4c(F)cccc4n3C)cc12. The molecule has 25 heavy (non-hydrogen) atoms. The van der Waals surface area contributed by atoms with Crippen LogP contribution in [0.2, 0.25) is 0 Å². The highest BCUT2D eigenvalue weighted by Crippen LogP contribution is 2.18. The third-order valence-corrected chi connectivity index (χ3v) is 4.38. The van der Waals surface area contributed by atoms with Gasteiger partial charge in [0.2, 0.25) is 0 Å². The van der Waals surface area contributed by atoms with Crippen LogP contribution in [-0.2, 0) is 20.0 Å². The fourth-order valence-electron chi connectivity index (χ4n) is 2.97. The van der Waals surface area contributed by atoms with E-state index in [0.29, 0.717) is 24.2 Å². The van der Waals surface area contributed by atoms with E-state index in [4.69, 9.17) is 4.52 Å². The number of nitrogens with one attached hydrogen (secondary N) is 1. The molecule has 0 aliphatic rings. The van der Waals surface area contributed by atoms with Crippen molar-refractivity contribution in [3.63, 3.8) is 0 Å². The van der Waals surface area contributed by atoms with E-state index in [9.17, 15) is 4.39 Å². The fourth-order valence-corrected chi connectivity index (χ4v) is 2.97. The van der Waals surface area contributed by atoms with Crippen LogP contribution in [0.5, 0.6) is 0 Å². The number of nitrogens with zero attached hydrogens (tertiary/aromatic N) is 4. The summed E-state index contributed by atoms with van der Waals surface area (Å²) in [4.78, 5) is 8.68. The Bertz CT molecular complexity index is 1050. The van der Waals surface area contributed by atoms with Gasteiger partial charge >= 0.3 is 0 Å². The highest BCUT2D eigenvalue weighted by molar-refractivity contribution is 5.77. The number of hydrogen-bond donors (Lipinski definition) is 1. The average Bonchev–Trinajstić information content (AvgIpc) is 3.14. The molecule has 1 N–H and O–H groups in total. The summed E-state index contributed by atoms with van der Waals surface area (Å²) >= 11 is 0. The van der Waals surface area contributed by atoms with E-state index in [-0.39, 0.29) is 5.82 Å². The molecular formula is C18H18FN5O. The maximum atomic E-state index is 13.8. The lowest BCUT2D eigenvalue weighted by molar-refractivity contribution is 0.443. The molecule has 128 valence electrons. The number of aromatic nitrogens is 4. The van der Waals surface area contributed by atoms with Gasteiger partial charge in [-0.25, -0.2) is 14.4 Å². The summed E-state index contributed by atoms with van der Waals surface area (Å²) in [6.07, 6.45) is 2.50. The van der Waals surface area contributed by atoms with Gasteiger partial charge in [-0.2, -0.15) is 0 Å². The van der Waals surface area contributed by atoms with Crippen molar-refractivity contribution in [3.8, 4) is 0 Å². The molecule has 0 aliphatic carbocycles. The van der Waals surface area contributed by atoms with E-state index in [1.54, 1.807) is 12.3 Å². The predicted octanol–water partition coefficient (Wildman–Crippen LogP) is 2.89. The molecule has 7 heteroatoms. The Morgan fingerprint density at radius 1 is 1.32 bits per heavy atom. The van der Waals surface area contributed by atoms with Crippen molar-refractivity contribution in [2.24, 2.45) is 7.05 Å². The number of rotatable bonds is 5. The number of aryl methyl sites for hydroxylation is 2. The van der Waals surface area contributed by atoms with Crippen molar-refractivity contribution in [3.05, 3.63) is 53.4 Å². The van der Waals surface area contributed by atoms with Crippen molar-refractivity contribution in [2.75, 3.05) is 6.54 Å². The molecule has 0 saturated heterocycles. The number of hydrogen-bond acceptors (Lipinski definition) is 5. The molecule has 1 aromatic carbocycles. The van der Waals surface area contributed by atoms with Gasteiger partial charge in [-0.05, 0) is 30.7 Å². The van der Waals surface area contributed by atoms with Crippen LogP contribution in [0.4, 0.5) is 4.39 Å². The van der Waals surface area contributed by atoms with E-state index in [1.165, 1.54) is 6.07 Å². The zero-order chi connectivity index (χ0) is 17.4. The van der Waals surface area contributed by atoms with E-state index in [2.05, 4.69) is 20.4 Å². The van der Waals surface area contributed by atoms with E-state index in [1.807, 2.05) is 30.7 Å². The number of pyridine rings is 1. The van der Waals surface area contributed by atoms with Crippen LogP contribution in [0.25, 0.3) is 22.1 Å². The smallest absolute Gasteiger partial charge is 0.257 e. The molecule has 0 unspecified atom stereocenters. The van der Waals surface area contributed by atoms with Gasteiger partial charge in [-0.15, -0.1) is 0 Å². The molecule has 3 aromatic heterocycles. The highest BCUT2D eigenvalue weighted by Gasteiger charge is 2.11. The normalized spacial score (nSPS) is 11.6. The van der Waals surface area contributed by atoms with Crippen LogP contribution < -0.4 is 5.32 Å². The number of benzene rings is 1. The summed E-state index contributed by atoms with van der Waals surface area (Å²) in [5.74, 6) is 0.576. The summed E-state index contributed by atoms with van der Waals surface area (Å²) in [5.41, 5.74) is 3.70. The van der Waals surface area contributed by atoms with E-state index >= 15 is 0 Å². The lowest BCUT2D eigenvalue weighted by atomic mass is 10.2. The van der Waals surface area contributed by atoms with Crippen LogP contribution in [0, 0.1) is 12.7 Å². The first-order valence-electron chi connectivity index (χ1n) is 8.15. The Morgan fingerprint density at radius 3 is 3.04 bits per heavy atom. The molecule has 0 radical (unpaired) electrons. The Balaban J connectivity index is 1.41. The van der Waals surface area contributed by atoms with Crippen molar-refractivity contribution >= 4 is 22.1 Å². The minimum atomic E-state index is -0.282. The van der Waals surface area contributed by atoms with E-state index in [0.717, 1.165) is 34.5 Å². The molecule has 4 aromatic rings. The van der Waals surface area contributed by atoms with Gasteiger partial charge in [0.25, 0.3) is 5.71 Å². The summed E-state index contributed by atoms with van der Waals surface area (Å²) in [6.45, 7) is 3.32. The second kappa shape index (κ2) is 6.25. The van der Waals surface area contributed by atoms with Crippen molar-refractivity contribution in [2.45, 2.75) is 19.9 Å². The minimum Gasteiger partial charge on any atom is -0.336 e. The molecule has 0 saturated carbocycles. The molecule has 0 amide bonds. The fraction of sp³-hybridized carbons (Fsp3) is 0.278. The van der Waals surface area contributed by atoms with Crippen molar-refractivity contribution in [1.29, 1.82) is 0 Å². The topological polar surface area (TPSA) is 68.8 Å². The number of halogens is 1. The van der Waals surface area contributed by atoms with Crippen molar-refractivity contribution in [1.82, 2.24) is 25.0 Å². The quantitative estimate of drug-likeness (QED) is 0.566. The summed E-state index contributed by atoms with van der Waals surface area (Å²) in [6, 6.07) is 7.06. The molecule has 6 nitrogen and oxygen atoms in total. The average molecular weight is 339 g/mol. The third kappa shape index (κ3) is 2.87. The summed E-state index contributed by atoms with van der Waals surface area (Å²) in [5, 5.41) is 8.22. The Morgan fingerprint density at radius 2 is 2.20 bits per heavy atom. The molecule has 0 bridgehead atoms. The molecular weight excluding hydrogens is 321 g/mol. The molecule has 3 heterocycles. The molecule has 0 fully saturated rings. The van der Waals surface area contributed by atoms with Gasteiger partial charge < -0.3 is 14.4 Å². The first kappa shape index (κ1) is 15.7. The minimum absolute atomic E-state index is 0.282.